The molecule has 3 rings (SSSR count). The molecule has 2 aromatic carbocycles. The Morgan fingerprint density at radius 3 is 2.74 bits per heavy atom. The fourth-order valence-electron chi connectivity index (χ4n) is 2.77. The highest BCUT2D eigenvalue weighted by Gasteiger charge is 2.17. The van der Waals surface area contributed by atoms with Crippen molar-refractivity contribution in [1.82, 2.24) is 5.43 Å². The lowest BCUT2D eigenvalue weighted by molar-refractivity contribution is -0.900. The Hall–Kier alpha value is -2.77. The van der Waals surface area contributed by atoms with Crippen LogP contribution in [0.2, 0.25) is 0 Å². The van der Waals surface area contributed by atoms with Gasteiger partial charge in [-0.25, -0.2) is 9.82 Å². The van der Waals surface area contributed by atoms with Gasteiger partial charge in [0.25, 0.3) is 5.91 Å². The Morgan fingerprint density at radius 1 is 1.19 bits per heavy atom. The largest absolute Gasteiger partial charge is 0.488 e. The SMILES string of the molecule is O=C(C[NH+]1CCOCC1)NN=Cc1ccccc1OCc1ccccc1F. The van der Waals surface area contributed by atoms with Crippen molar-refractivity contribution in [1.29, 1.82) is 0 Å². The number of amides is 1. The molecule has 0 spiro atoms. The van der Waals surface area contributed by atoms with E-state index in [1.165, 1.54) is 17.2 Å². The van der Waals surface area contributed by atoms with Crippen molar-refractivity contribution in [2.75, 3.05) is 32.8 Å². The second kappa shape index (κ2) is 9.80. The van der Waals surface area contributed by atoms with E-state index in [2.05, 4.69) is 10.5 Å². The normalized spacial score (nSPS) is 15.0. The molecule has 2 N–H and O–H groups in total. The van der Waals surface area contributed by atoms with Gasteiger partial charge in [0.1, 0.15) is 31.3 Å². The maximum atomic E-state index is 13.7. The lowest BCUT2D eigenvalue weighted by atomic mass is 10.2. The molecule has 7 heteroatoms. The summed E-state index contributed by atoms with van der Waals surface area (Å²) in [6, 6.07) is 13.8. The highest BCUT2D eigenvalue weighted by atomic mass is 19.1. The van der Waals surface area contributed by atoms with Crippen LogP contribution in [0.1, 0.15) is 11.1 Å². The molecule has 27 heavy (non-hydrogen) atoms. The quantitative estimate of drug-likeness (QED) is 0.557. The van der Waals surface area contributed by atoms with Crippen molar-refractivity contribution in [2.45, 2.75) is 6.61 Å². The minimum absolute atomic E-state index is 0.115. The maximum Gasteiger partial charge on any atom is 0.295 e. The van der Waals surface area contributed by atoms with Crippen molar-refractivity contribution in [3.63, 3.8) is 0 Å². The molecule has 1 heterocycles. The van der Waals surface area contributed by atoms with Gasteiger partial charge in [0, 0.05) is 11.1 Å². The molecule has 0 bridgehead atoms. The summed E-state index contributed by atoms with van der Waals surface area (Å²) >= 11 is 0. The molecule has 0 unspecified atom stereocenters. The number of morpholine rings is 1. The van der Waals surface area contributed by atoms with Crippen molar-refractivity contribution in [3.05, 3.63) is 65.5 Å². The van der Waals surface area contributed by atoms with Gasteiger partial charge in [-0.05, 0) is 18.2 Å². The molecule has 1 fully saturated rings. The third-order valence-corrected chi connectivity index (χ3v) is 4.26. The Balaban J connectivity index is 1.54. The Bertz CT molecular complexity index is 792. The summed E-state index contributed by atoms with van der Waals surface area (Å²) in [6.07, 6.45) is 1.53. The molecule has 0 radical (unpaired) electrons. The number of ether oxygens (including phenoxy) is 2. The van der Waals surface area contributed by atoms with Crippen LogP contribution in [0.15, 0.2) is 53.6 Å². The van der Waals surface area contributed by atoms with Crippen LogP contribution in [0, 0.1) is 5.82 Å². The van der Waals surface area contributed by atoms with Gasteiger partial charge in [-0.3, -0.25) is 4.79 Å². The molecule has 0 saturated carbocycles. The molecular formula is C20H23FN3O3+. The number of halogens is 1. The van der Waals surface area contributed by atoms with Crippen molar-refractivity contribution in [3.8, 4) is 5.75 Å². The summed E-state index contributed by atoms with van der Waals surface area (Å²) < 4.78 is 24.7. The van der Waals surface area contributed by atoms with Crippen LogP contribution in [-0.4, -0.2) is 45.0 Å². The molecule has 1 aliphatic heterocycles. The van der Waals surface area contributed by atoms with E-state index in [1.807, 2.05) is 18.2 Å². The number of hydrogen-bond donors (Lipinski definition) is 2. The predicted octanol–water partition coefficient (Wildman–Crippen LogP) is 0.770. The third kappa shape index (κ3) is 5.87. The number of hydrazone groups is 1. The molecule has 0 aliphatic carbocycles. The first kappa shape index (κ1) is 19.0. The lowest BCUT2D eigenvalue weighted by Crippen LogP contribution is -3.15. The average molecular weight is 372 g/mol. The van der Waals surface area contributed by atoms with Crippen molar-refractivity contribution in [2.24, 2.45) is 5.10 Å². The van der Waals surface area contributed by atoms with Crippen molar-refractivity contribution < 1.29 is 23.6 Å². The van der Waals surface area contributed by atoms with Crippen LogP contribution >= 0.6 is 0 Å². The Kier molecular flexibility index (Phi) is 6.90. The minimum Gasteiger partial charge on any atom is -0.488 e. The first-order valence-corrected chi connectivity index (χ1v) is 8.91. The van der Waals surface area contributed by atoms with Crippen LogP contribution in [0.5, 0.6) is 5.75 Å². The van der Waals surface area contributed by atoms with E-state index in [1.54, 1.807) is 24.3 Å². The molecule has 1 amide bonds. The summed E-state index contributed by atoms with van der Waals surface area (Å²) in [4.78, 5) is 13.2. The van der Waals surface area contributed by atoms with E-state index in [9.17, 15) is 9.18 Å². The van der Waals surface area contributed by atoms with Gasteiger partial charge in [0.15, 0.2) is 6.54 Å². The molecule has 142 valence electrons. The second-order valence-corrected chi connectivity index (χ2v) is 6.25. The number of carbonyl (C=O) groups excluding carboxylic acids is 1. The highest BCUT2D eigenvalue weighted by Crippen LogP contribution is 2.18. The first-order valence-electron chi connectivity index (χ1n) is 8.91. The zero-order chi connectivity index (χ0) is 18.9. The van der Waals surface area contributed by atoms with Crippen LogP contribution in [0.3, 0.4) is 0 Å². The second-order valence-electron chi connectivity index (χ2n) is 6.25. The number of nitrogens with one attached hydrogen (secondary N) is 2. The molecule has 0 atom stereocenters. The number of nitrogens with zero attached hydrogens (tertiary/aromatic N) is 1. The average Bonchev–Trinajstić information content (AvgIpc) is 2.69. The molecule has 2 aromatic rings. The fraction of sp³-hybridized carbons (Fsp3) is 0.300. The number of benzene rings is 2. The number of hydrogen-bond acceptors (Lipinski definition) is 4. The smallest absolute Gasteiger partial charge is 0.295 e. The number of rotatable bonds is 7. The molecular weight excluding hydrogens is 349 g/mol. The van der Waals surface area contributed by atoms with Crippen LogP contribution in [0.4, 0.5) is 4.39 Å². The van der Waals surface area contributed by atoms with E-state index in [0.29, 0.717) is 36.6 Å². The van der Waals surface area contributed by atoms with Crippen LogP contribution in [0.25, 0.3) is 0 Å². The van der Waals surface area contributed by atoms with E-state index in [4.69, 9.17) is 9.47 Å². The zero-order valence-electron chi connectivity index (χ0n) is 15.0. The summed E-state index contributed by atoms with van der Waals surface area (Å²) in [5, 5.41) is 4.02. The van der Waals surface area contributed by atoms with Crippen LogP contribution in [-0.2, 0) is 16.1 Å². The lowest BCUT2D eigenvalue weighted by Gasteiger charge is -2.22. The zero-order valence-corrected chi connectivity index (χ0v) is 15.0. The highest BCUT2D eigenvalue weighted by molar-refractivity contribution is 5.85. The molecule has 6 nitrogen and oxygen atoms in total. The van der Waals surface area contributed by atoms with Gasteiger partial charge >= 0.3 is 0 Å². The van der Waals surface area contributed by atoms with Gasteiger partial charge in [-0.1, -0.05) is 30.3 Å². The minimum atomic E-state index is -0.304. The molecule has 1 saturated heterocycles. The van der Waals surface area contributed by atoms with E-state index >= 15 is 0 Å². The molecule has 0 aromatic heterocycles. The Morgan fingerprint density at radius 2 is 1.93 bits per heavy atom. The van der Waals surface area contributed by atoms with E-state index < -0.39 is 0 Å². The third-order valence-electron chi connectivity index (χ3n) is 4.26. The van der Waals surface area contributed by atoms with Gasteiger partial charge in [0.2, 0.25) is 0 Å². The summed E-state index contributed by atoms with van der Waals surface area (Å²) in [6.45, 7) is 3.49. The number of carbonyl (C=O) groups is 1. The van der Waals surface area contributed by atoms with E-state index in [0.717, 1.165) is 13.1 Å². The maximum absolute atomic E-state index is 13.7. The fourth-order valence-corrected chi connectivity index (χ4v) is 2.77. The molecule has 1 aliphatic rings. The Labute approximate surface area is 157 Å². The topological polar surface area (TPSA) is 64.4 Å². The van der Waals surface area contributed by atoms with Gasteiger partial charge in [-0.15, -0.1) is 0 Å². The monoisotopic (exact) mass is 372 g/mol. The summed E-state index contributed by atoms with van der Waals surface area (Å²) in [7, 11) is 0. The van der Waals surface area contributed by atoms with E-state index in [-0.39, 0.29) is 18.3 Å². The number of quaternary nitrogens is 1. The standard InChI is InChI=1S/C20H22FN3O3/c21-18-7-3-1-6-17(18)15-27-19-8-4-2-5-16(19)13-22-23-20(25)14-24-9-11-26-12-10-24/h1-8,13H,9-12,14-15H2,(H,23,25)/p+1. The van der Waals surface area contributed by atoms with Gasteiger partial charge in [-0.2, -0.15) is 5.10 Å². The predicted molar refractivity (Wildman–Crippen MR) is 99.3 cm³/mol. The first-order chi connectivity index (χ1) is 13.2. The summed E-state index contributed by atoms with van der Waals surface area (Å²) in [5.74, 6) is 0.118. The van der Waals surface area contributed by atoms with Gasteiger partial charge < -0.3 is 14.4 Å². The van der Waals surface area contributed by atoms with Crippen molar-refractivity contribution >= 4 is 12.1 Å². The van der Waals surface area contributed by atoms with Gasteiger partial charge in [0.05, 0.1) is 19.4 Å². The number of para-hydroxylation sites is 1. The van der Waals surface area contributed by atoms with Crippen LogP contribution < -0.4 is 15.1 Å². The summed E-state index contributed by atoms with van der Waals surface area (Å²) in [5.41, 5.74) is 3.72.